The van der Waals surface area contributed by atoms with Gasteiger partial charge in [-0.15, -0.1) is 11.3 Å². The van der Waals surface area contributed by atoms with E-state index in [4.69, 9.17) is 14.9 Å². The lowest BCUT2D eigenvalue weighted by atomic mass is 10.1. The molecule has 0 spiro atoms. The fourth-order valence-corrected chi connectivity index (χ4v) is 5.61. The van der Waals surface area contributed by atoms with Crippen molar-refractivity contribution in [1.29, 1.82) is 0 Å². The van der Waals surface area contributed by atoms with Crippen LogP contribution in [0.2, 0.25) is 0 Å². The monoisotopic (exact) mass is 656 g/mol. The Morgan fingerprint density at radius 1 is 1.11 bits per heavy atom. The highest BCUT2D eigenvalue weighted by molar-refractivity contribution is 7.13. The Morgan fingerprint density at radius 2 is 1.85 bits per heavy atom. The topological polar surface area (TPSA) is 112 Å². The third-order valence-corrected chi connectivity index (χ3v) is 8.34. The molecule has 2 unspecified atom stereocenters. The van der Waals surface area contributed by atoms with Crippen LogP contribution in [0.15, 0.2) is 78.7 Å². The van der Waals surface area contributed by atoms with Crippen LogP contribution in [-0.2, 0) is 24.4 Å². The predicted molar refractivity (Wildman–Crippen MR) is 171 cm³/mol. The van der Waals surface area contributed by atoms with E-state index in [1.165, 1.54) is 24.0 Å². The number of aliphatic carboxylic acids is 1. The number of aryl methyl sites for hydroxylation is 1. The highest BCUT2D eigenvalue weighted by Crippen LogP contribution is 2.40. The second-order valence-electron chi connectivity index (χ2n) is 11.1. The first-order chi connectivity index (χ1) is 22.1. The molecule has 1 fully saturated rings. The minimum absolute atomic E-state index is 0.0152. The number of carbonyl (C=O) groups is 2. The molecule has 0 radical (unpaired) electrons. The van der Waals surface area contributed by atoms with E-state index >= 15 is 0 Å². The molecule has 13 heteroatoms. The summed E-state index contributed by atoms with van der Waals surface area (Å²) in [6.07, 6.45) is 4.72. The number of nitrogens with zero attached hydrogens (tertiary/aromatic N) is 4. The largest absolute Gasteiger partial charge is 0.490 e. The van der Waals surface area contributed by atoms with E-state index in [1.807, 2.05) is 28.1 Å². The molecular formula is C33H39F3N6O3S. The van der Waals surface area contributed by atoms with Crippen molar-refractivity contribution in [2.24, 2.45) is 0 Å². The van der Waals surface area contributed by atoms with Crippen molar-refractivity contribution in [3.63, 3.8) is 0 Å². The summed E-state index contributed by atoms with van der Waals surface area (Å²) in [7, 11) is 0. The van der Waals surface area contributed by atoms with Crippen LogP contribution in [-0.4, -0.2) is 61.8 Å². The van der Waals surface area contributed by atoms with Gasteiger partial charge >= 0.3 is 18.2 Å². The smallest absolute Gasteiger partial charge is 0.475 e. The van der Waals surface area contributed by atoms with Crippen LogP contribution in [0.5, 0.6) is 0 Å². The number of carboxylic acid groups (broad SMARTS) is 1. The molecule has 0 saturated heterocycles. The summed E-state index contributed by atoms with van der Waals surface area (Å²) < 4.78 is 33.8. The van der Waals surface area contributed by atoms with E-state index in [2.05, 4.69) is 76.5 Å². The van der Waals surface area contributed by atoms with Gasteiger partial charge in [0.05, 0.1) is 18.6 Å². The van der Waals surface area contributed by atoms with Gasteiger partial charge in [-0.05, 0) is 36.9 Å². The zero-order valence-corrected chi connectivity index (χ0v) is 26.4. The molecule has 2 atom stereocenters. The highest BCUT2D eigenvalue weighted by atomic mass is 32.1. The Kier molecular flexibility index (Phi) is 12.7. The standard InChI is InChI=1S/C31H38N6OS.C2HF3O2/c1-2-3-14-32-20-24-10-12-26(13-11-24)30-34-27(22-39-30)21-37(17-7-16-36-18-15-33-23-36)31(38)35-29-19-28(29)25-8-5-4-6-9-25;3-2(4,5)1(6)7/h4-6,8-13,15,18,22-23,28-29,32H,2-3,7,14,16-17,19-21H2,1H3,(H,35,38);(H,6,7). The van der Waals surface area contributed by atoms with Gasteiger partial charge in [-0.25, -0.2) is 19.6 Å². The summed E-state index contributed by atoms with van der Waals surface area (Å²) in [4.78, 5) is 33.2. The number of amides is 2. The van der Waals surface area contributed by atoms with Crippen LogP contribution in [0.4, 0.5) is 18.0 Å². The molecule has 0 bridgehead atoms. The van der Waals surface area contributed by atoms with Crippen LogP contribution < -0.4 is 10.6 Å². The van der Waals surface area contributed by atoms with Crippen molar-refractivity contribution in [1.82, 2.24) is 30.1 Å². The second kappa shape index (κ2) is 16.9. The average molecular weight is 657 g/mol. The third-order valence-electron chi connectivity index (χ3n) is 7.40. The molecule has 46 heavy (non-hydrogen) atoms. The van der Waals surface area contributed by atoms with Crippen molar-refractivity contribution in [3.05, 3.63) is 95.5 Å². The number of hydrogen-bond acceptors (Lipinski definition) is 6. The van der Waals surface area contributed by atoms with Gasteiger partial charge in [0.2, 0.25) is 0 Å². The molecule has 5 rings (SSSR count). The van der Waals surface area contributed by atoms with Crippen LogP contribution in [0.3, 0.4) is 0 Å². The average Bonchev–Trinajstić information content (AvgIpc) is 3.37. The molecule has 2 amide bonds. The minimum Gasteiger partial charge on any atom is -0.475 e. The fraction of sp³-hybridized carbons (Fsp3) is 0.394. The first-order valence-corrected chi connectivity index (χ1v) is 16.1. The lowest BCUT2D eigenvalue weighted by molar-refractivity contribution is -0.192. The number of carbonyl (C=O) groups excluding carboxylic acids is 1. The maximum absolute atomic E-state index is 13.4. The van der Waals surface area contributed by atoms with Crippen molar-refractivity contribution < 1.29 is 27.9 Å². The molecule has 0 aliphatic heterocycles. The number of thiazole rings is 1. The molecule has 2 heterocycles. The predicted octanol–water partition coefficient (Wildman–Crippen LogP) is 6.69. The molecule has 2 aromatic heterocycles. The number of alkyl halides is 3. The van der Waals surface area contributed by atoms with Crippen LogP contribution in [0.25, 0.3) is 10.6 Å². The van der Waals surface area contributed by atoms with E-state index in [1.54, 1.807) is 17.5 Å². The third kappa shape index (κ3) is 11.0. The lowest BCUT2D eigenvalue weighted by Gasteiger charge is -2.22. The van der Waals surface area contributed by atoms with E-state index in [0.29, 0.717) is 19.0 Å². The molecule has 4 aromatic rings. The molecule has 1 aliphatic rings. The molecular weight excluding hydrogens is 617 g/mol. The minimum atomic E-state index is -5.08. The summed E-state index contributed by atoms with van der Waals surface area (Å²) >= 11 is 1.63. The highest BCUT2D eigenvalue weighted by Gasteiger charge is 2.40. The number of urea groups is 1. The van der Waals surface area contributed by atoms with Crippen molar-refractivity contribution in [2.45, 2.75) is 70.4 Å². The van der Waals surface area contributed by atoms with Crippen molar-refractivity contribution >= 4 is 23.3 Å². The molecule has 2 aromatic carbocycles. The number of hydrogen-bond donors (Lipinski definition) is 3. The van der Waals surface area contributed by atoms with Gasteiger partial charge in [0, 0.05) is 54.9 Å². The number of rotatable bonds is 14. The molecule has 246 valence electrons. The molecule has 1 saturated carbocycles. The van der Waals surface area contributed by atoms with Gasteiger partial charge in [0.1, 0.15) is 5.01 Å². The van der Waals surface area contributed by atoms with Gasteiger partial charge in [0.25, 0.3) is 0 Å². The van der Waals surface area contributed by atoms with E-state index in [-0.39, 0.29) is 12.1 Å². The quantitative estimate of drug-likeness (QED) is 0.131. The summed E-state index contributed by atoms with van der Waals surface area (Å²) in [6, 6.07) is 19.3. The molecule has 1 aliphatic carbocycles. The molecule has 9 nitrogen and oxygen atoms in total. The SMILES string of the molecule is CCCCNCc1ccc(-c2nc(CN(CCCn3ccnc3)C(=O)NC3CC3c3ccccc3)cs2)cc1.O=C(O)C(F)(F)F. The summed E-state index contributed by atoms with van der Waals surface area (Å²) in [6.45, 7) is 6.11. The summed E-state index contributed by atoms with van der Waals surface area (Å²) in [5, 5.41) is 17.0. The lowest BCUT2D eigenvalue weighted by Crippen LogP contribution is -2.41. The van der Waals surface area contributed by atoms with Crippen LogP contribution >= 0.6 is 11.3 Å². The number of imidazole rings is 1. The number of aromatic nitrogens is 3. The van der Waals surface area contributed by atoms with Crippen molar-refractivity contribution in [3.8, 4) is 10.6 Å². The van der Waals surface area contributed by atoms with Crippen molar-refractivity contribution in [2.75, 3.05) is 13.1 Å². The Hall–Kier alpha value is -4.23. The summed E-state index contributed by atoms with van der Waals surface area (Å²) in [5.41, 5.74) is 4.61. The Labute approximate surface area is 270 Å². The Bertz CT molecular complexity index is 1500. The van der Waals surface area contributed by atoms with Gasteiger partial charge < -0.3 is 25.2 Å². The maximum Gasteiger partial charge on any atom is 0.490 e. The van der Waals surface area contributed by atoms with Gasteiger partial charge in [0.15, 0.2) is 0 Å². The fourth-order valence-electron chi connectivity index (χ4n) is 4.80. The number of nitrogens with one attached hydrogen (secondary N) is 2. The van der Waals surface area contributed by atoms with Gasteiger partial charge in [-0.3, -0.25) is 0 Å². The number of halogens is 3. The van der Waals surface area contributed by atoms with Gasteiger partial charge in [-0.1, -0.05) is 67.9 Å². The van der Waals surface area contributed by atoms with Crippen LogP contribution in [0, 0.1) is 0 Å². The van der Waals surface area contributed by atoms with Crippen LogP contribution in [0.1, 0.15) is 55.3 Å². The van der Waals surface area contributed by atoms with E-state index in [0.717, 1.165) is 48.7 Å². The zero-order valence-electron chi connectivity index (χ0n) is 25.6. The first-order valence-electron chi connectivity index (χ1n) is 15.2. The number of carboxylic acids is 1. The second-order valence-corrected chi connectivity index (χ2v) is 11.9. The molecule has 3 N–H and O–H groups in total. The first kappa shape index (κ1) is 34.6. The number of unbranched alkanes of at least 4 members (excludes halogenated alkanes) is 1. The van der Waals surface area contributed by atoms with Gasteiger partial charge in [-0.2, -0.15) is 13.2 Å². The van der Waals surface area contributed by atoms with E-state index in [9.17, 15) is 18.0 Å². The normalized spacial score (nSPS) is 15.5. The Morgan fingerprint density at radius 3 is 2.50 bits per heavy atom. The Balaban J connectivity index is 0.000000617. The number of benzene rings is 2. The summed E-state index contributed by atoms with van der Waals surface area (Å²) in [5.74, 6) is -2.36. The zero-order chi connectivity index (χ0) is 32.9. The maximum atomic E-state index is 13.4. The van der Waals surface area contributed by atoms with E-state index < -0.39 is 12.1 Å².